The summed E-state index contributed by atoms with van der Waals surface area (Å²) in [5, 5.41) is 0. The number of piperazine rings is 1. The fraction of sp³-hybridized carbons (Fsp3) is 0.615. The molecule has 166 valence electrons. The van der Waals surface area contributed by atoms with Crippen molar-refractivity contribution in [2.24, 2.45) is 0 Å². The second-order valence-electron chi connectivity index (χ2n) is 9.92. The van der Waals surface area contributed by atoms with Crippen LogP contribution in [0, 0.1) is 0 Å². The number of hydrogen-bond donors (Lipinski definition) is 0. The molecule has 5 rings (SSSR count). The van der Waals surface area contributed by atoms with E-state index in [0.717, 1.165) is 70.6 Å². The zero-order valence-corrected chi connectivity index (χ0v) is 19.3. The molecule has 1 aliphatic carbocycles. The van der Waals surface area contributed by atoms with Gasteiger partial charge in [-0.05, 0) is 41.9 Å². The van der Waals surface area contributed by atoms with Gasteiger partial charge in [-0.15, -0.1) is 0 Å². The molecule has 31 heavy (non-hydrogen) atoms. The van der Waals surface area contributed by atoms with Crippen molar-refractivity contribution in [1.82, 2.24) is 19.8 Å². The third-order valence-corrected chi connectivity index (χ3v) is 7.54. The van der Waals surface area contributed by atoms with Crippen LogP contribution in [-0.2, 0) is 19.4 Å². The lowest BCUT2D eigenvalue weighted by atomic mass is 9.91. The molecule has 0 spiro atoms. The Morgan fingerprint density at radius 1 is 0.935 bits per heavy atom. The molecule has 1 saturated carbocycles. The normalized spacial score (nSPS) is 21.1. The topological polar surface area (TPSA) is 35.5 Å². The first-order valence-corrected chi connectivity index (χ1v) is 12.3. The maximum atomic E-state index is 5.04. The molecule has 3 heterocycles. The van der Waals surface area contributed by atoms with Gasteiger partial charge in [0.05, 0.1) is 5.69 Å². The van der Waals surface area contributed by atoms with Crippen LogP contribution in [0.3, 0.4) is 0 Å². The van der Waals surface area contributed by atoms with Crippen LogP contribution < -0.4 is 4.90 Å². The minimum Gasteiger partial charge on any atom is -0.338 e. The van der Waals surface area contributed by atoms with Crippen LogP contribution in [0.15, 0.2) is 30.5 Å². The van der Waals surface area contributed by atoms with Gasteiger partial charge in [0, 0.05) is 64.5 Å². The van der Waals surface area contributed by atoms with Crippen molar-refractivity contribution >= 4 is 5.95 Å². The smallest absolute Gasteiger partial charge is 0.225 e. The van der Waals surface area contributed by atoms with Crippen molar-refractivity contribution < 1.29 is 0 Å². The fourth-order valence-corrected chi connectivity index (χ4v) is 5.13. The molecule has 0 N–H and O–H groups in total. The highest BCUT2D eigenvalue weighted by Gasteiger charge is 2.29. The summed E-state index contributed by atoms with van der Waals surface area (Å²) in [7, 11) is 0. The monoisotopic (exact) mass is 419 g/mol. The average molecular weight is 420 g/mol. The van der Waals surface area contributed by atoms with E-state index in [2.05, 4.69) is 59.0 Å². The third kappa shape index (κ3) is 4.78. The van der Waals surface area contributed by atoms with Gasteiger partial charge in [-0.25, -0.2) is 9.97 Å². The van der Waals surface area contributed by atoms with Crippen molar-refractivity contribution in [3.8, 4) is 0 Å². The molecule has 1 aromatic carbocycles. The number of rotatable bonds is 5. The van der Waals surface area contributed by atoms with Gasteiger partial charge in [0.25, 0.3) is 0 Å². The Labute approximate surface area is 187 Å². The summed E-state index contributed by atoms with van der Waals surface area (Å²) in [6.07, 6.45) is 8.39. The maximum absolute atomic E-state index is 5.04. The van der Waals surface area contributed by atoms with Gasteiger partial charge >= 0.3 is 0 Å². The number of nitrogens with zero attached hydrogens (tertiary/aromatic N) is 5. The van der Waals surface area contributed by atoms with Crippen LogP contribution in [0.5, 0.6) is 0 Å². The van der Waals surface area contributed by atoms with Crippen LogP contribution in [-0.4, -0.2) is 65.1 Å². The zero-order chi connectivity index (χ0) is 21.2. The average Bonchev–Trinajstić information content (AvgIpc) is 2.95. The molecule has 1 saturated heterocycles. The van der Waals surface area contributed by atoms with Crippen LogP contribution in [0.1, 0.15) is 61.4 Å². The molecule has 0 bridgehead atoms. The molecule has 5 nitrogen and oxygen atoms in total. The molecule has 5 heteroatoms. The van der Waals surface area contributed by atoms with Crippen LogP contribution in [0.25, 0.3) is 0 Å². The lowest BCUT2D eigenvalue weighted by Gasteiger charge is -2.43. The van der Waals surface area contributed by atoms with Crippen molar-refractivity contribution in [3.63, 3.8) is 0 Å². The highest BCUT2D eigenvalue weighted by atomic mass is 15.3. The molecule has 3 aliphatic rings. The predicted octanol–water partition coefficient (Wildman–Crippen LogP) is 3.88. The second kappa shape index (κ2) is 9.25. The molecule has 2 aliphatic heterocycles. The van der Waals surface area contributed by atoms with E-state index >= 15 is 0 Å². The molecular weight excluding hydrogens is 382 g/mol. The van der Waals surface area contributed by atoms with Gasteiger partial charge in [0.1, 0.15) is 0 Å². The molecule has 2 fully saturated rings. The summed E-state index contributed by atoms with van der Waals surface area (Å²) < 4.78 is 0. The molecule has 0 unspecified atom stereocenters. The number of benzene rings is 1. The summed E-state index contributed by atoms with van der Waals surface area (Å²) in [5.74, 6) is 1.54. The standard InChI is InChI=1S/C26H37N5/c1-20(2)22-8-6-21(7-9-22)19-29-12-10-23-18-27-26(28-25(23)11-13-29)31-16-14-30(15-17-31)24-4-3-5-24/h6-9,18,20,24H,3-5,10-17,19H2,1-2H3. The number of aromatic nitrogens is 2. The highest BCUT2D eigenvalue weighted by molar-refractivity contribution is 5.35. The first-order valence-electron chi connectivity index (χ1n) is 12.3. The summed E-state index contributed by atoms with van der Waals surface area (Å²) >= 11 is 0. The quantitative estimate of drug-likeness (QED) is 0.735. The van der Waals surface area contributed by atoms with Gasteiger partial charge in [-0.1, -0.05) is 44.5 Å². The van der Waals surface area contributed by atoms with E-state index in [-0.39, 0.29) is 0 Å². The molecular formula is C26H37N5. The van der Waals surface area contributed by atoms with Crippen molar-refractivity contribution in [1.29, 1.82) is 0 Å². The van der Waals surface area contributed by atoms with Crippen molar-refractivity contribution in [2.75, 3.05) is 44.2 Å². The Morgan fingerprint density at radius 2 is 1.68 bits per heavy atom. The van der Waals surface area contributed by atoms with E-state index in [9.17, 15) is 0 Å². The highest BCUT2D eigenvalue weighted by Crippen LogP contribution is 2.26. The molecule has 0 amide bonds. The minimum absolute atomic E-state index is 0.593. The lowest BCUT2D eigenvalue weighted by molar-refractivity contribution is 0.120. The predicted molar refractivity (Wildman–Crippen MR) is 127 cm³/mol. The van der Waals surface area contributed by atoms with E-state index in [1.807, 2.05) is 0 Å². The van der Waals surface area contributed by atoms with E-state index < -0.39 is 0 Å². The molecule has 0 atom stereocenters. The molecule has 1 aromatic heterocycles. The van der Waals surface area contributed by atoms with Crippen molar-refractivity contribution in [3.05, 3.63) is 52.8 Å². The number of anilines is 1. The fourth-order valence-electron chi connectivity index (χ4n) is 5.13. The maximum Gasteiger partial charge on any atom is 0.225 e. The first-order chi connectivity index (χ1) is 15.2. The molecule has 2 aromatic rings. The van der Waals surface area contributed by atoms with Gasteiger partial charge in [-0.2, -0.15) is 0 Å². The molecule has 0 radical (unpaired) electrons. The minimum atomic E-state index is 0.593. The summed E-state index contributed by atoms with van der Waals surface area (Å²) in [6.45, 7) is 12.1. The van der Waals surface area contributed by atoms with Crippen molar-refractivity contribution in [2.45, 2.75) is 64.5 Å². The second-order valence-corrected chi connectivity index (χ2v) is 9.92. The Bertz CT molecular complexity index is 866. The van der Waals surface area contributed by atoms with E-state index in [1.54, 1.807) is 0 Å². The van der Waals surface area contributed by atoms with E-state index in [0.29, 0.717) is 5.92 Å². The van der Waals surface area contributed by atoms with E-state index in [1.165, 1.54) is 41.6 Å². The lowest BCUT2D eigenvalue weighted by Crippen LogP contribution is -2.52. The Kier molecular flexibility index (Phi) is 6.24. The SMILES string of the molecule is CC(C)c1ccc(CN2CCc3cnc(N4CCN(C5CCC5)CC4)nc3CC2)cc1. The van der Waals surface area contributed by atoms with Gasteiger partial charge in [0.15, 0.2) is 0 Å². The number of fused-ring (bicyclic) bond motifs is 1. The van der Waals surface area contributed by atoms with Crippen LogP contribution >= 0.6 is 0 Å². The largest absolute Gasteiger partial charge is 0.338 e. The summed E-state index contributed by atoms with van der Waals surface area (Å²) in [5.41, 5.74) is 5.44. The van der Waals surface area contributed by atoms with Gasteiger partial charge in [-0.3, -0.25) is 9.80 Å². The number of hydrogen-bond acceptors (Lipinski definition) is 5. The Balaban J connectivity index is 1.18. The Hall–Kier alpha value is -1.98. The summed E-state index contributed by atoms with van der Waals surface area (Å²) in [6, 6.07) is 10.0. The first kappa shape index (κ1) is 20.9. The van der Waals surface area contributed by atoms with Gasteiger partial charge in [0.2, 0.25) is 5.95 Å². The van der Waals surface area contributed by atoms with Crippen LogP contribution in [0.4, 0.5) is 5.95 Å². The zero-order valence-electron chi connectivity index (χ0n) is 19.3. The van der Waals surface area contributed by atoms with Gasteiger partial charge < -0.3 is 4.90 Å². The van der Waals surface area contributed by atoms with E-state index in [4.69, 9.17) is 9.97 Å². The Morgan fingerprint density at radius 3 is 2.35 bits per heavy atom. The van der Waals surface area contributed by atoms with Crippen LogP contribution in [0.2, 0.25) is 0 Å². The third-order valence-electron chi connectivity index (χ3n) is 7.54. The summed E-state index contributed by atoms with van der Waals surface area (Å²) in [4.78, 5) is 17.5.